The molecule has 35 heavy (non-hydrogen) atoms. The van der Waals surface area contributed by atoms with Gasteiger partial charge in [0.25, 0.3) is 0 Å². The van der Waals surface area contributed by atoms with Gasteiger partial charge in [-0.25, -0.2) is 4.79 Å². The zero-order valence-electron chi connectivity index (χ0n) is 22.9. The SMILES string of the molecule is CCCCCCCCCCCCOC(=O)CC[C@@H](NC(=O)CCCCCCCCCCC)C(=O)O. The van der Waals surface area contributed by atoms with E-state index in [1.54, 1.807) is 0 Å². The highest BCUT2D eigenvalue weighted by atomic mass is 16.5. The quantitative estimate of drug-likeness (QED) is 0.0942. The van der Waals surface area contributed by atoms with E-state index in [-0.39, 0.29) is 24.7 Å². The van der Waals surface area contributed by atoms with Crippen molar-refractivity contribution in [2.24, 2.45) is 0 Å². The van der Waals surface area contributed by atoms with Crippen molar-refractivity contribution in [3.05, 3.63) is 0 Å². The van der Waals surface area contributed by atoms with Crippen molar-refractivity contribution in [1.82, 2.24) is 5.32 Å². The van der Waals surface area contributed by atoms with Crippen LogP contribution in [0.4, 0.5) is 0 Å². The Labute approximate surface area is 215 Å². The van der Waals surface area contributed by atoms with Gasteiger partial charge >= 0.3 is 11.9 Å². The van der Waals surface area contributed by atoms with E-state index in [0.717, 1.165) is 38.5 Å². The van der Waals surface area contributed by atoms with Crippen molar-refractivity contribution in [3.8, 4) is 0 Å². The average molecular weight is 498 g/mol. The lowest BCUT2D eigenvalue weighted by atomic mass is 10.1. The molecule has 206 valence electrons. The highest BCUT2D eigenvalue weighted by Crippen LogP contribution is 2.12. The Hall–Kier alpha value is -1.59. The van der Waals surface area contributed by atoms with Crippen LogP contribution in [0.1, 0.15) is 155 Å². The fourth-order valence-corrected chi connectivity index (χ4v) is 4.23. The summed E-state index contributed by atoms with van der Waals surface area (Å²) in [4.78, 5) is 35.5. The minimum absolute atomic E-state index is 0.00698. The first-order chi connectivity index (χ1) is 17.0. The number of hydrogen-bond donors (Lipinski definition) is 2. The van der Waals surface area contributed by atoms with Gasteiger partial charge in [0.2, 0.25) is 5.91 Å². The third-order valence-corrected chi connectivity index (χ3v) is 6.54. The predicted octanol–water partition coefficient (Wildman–Crippen LogP) is 7.72. The predicted molar refractivity (Wildman–Crippen MR) is 143 cm³/mol. The number of carboxylic acids is 1. The lowest BCUT2D eigenvalue weighted by molar-refractivity contribution is -0.145. The number of carbonyl (C=O) groups excluding carboxylic acids is 2. The zero-order valence-corrected chi connectivity index (χ0v) is 22.9. The molecule has 2 N–H and O–H groups in total. The van der Waals surface area contributed by atoms with E-state index in [9.17, 15) is 19.5 Å². The van der Waals surface area contributed by atoms with Crippen molar-refractivity contribution in [1.29, 1.82) is 0 Å². The molecule has 1 atom stereocenters. The number of carboxylic acid groups (broad SMARTS) is 1. The molecule has 6 heteroatoms. The molecule has 0 saturated carbocycles. The number of aliphatic carboxylic acids is 1. The van der Waals surface area contributed by atoms with Crippen LogP contribution in [0.25, 0.3) is 0 Å². The van der Waals surface area contributed by atoms with Gasteiger partial charge in [0.05, 0.1) is 6.61 Å². The minimum atomic E-state index is -1.10. The molecule has 0 unspecified atom stereocenters. The molecule has 0 aliphatic heterocycles. The number of rotatable bonds is 26. The number of esters is 1. The van der Waals surface area contributed by atoms with E-state index in [0.29, 0.717) is 13.0 Å². The maximum Gasteiger partial charge on any atom is 0.326 e. The summed E-state index contributed by atoms with van der Waals surface area (Å²) in [6.45, 7) is 4.83. The van der Waals surface area contributed by atoms with Gasteiger partial charge in [0.1, 0.15) is 6.04 Å². The average Bonchev–Trinajstić information content (AvgIpc) is 2.83. The molecule has 0 aromatic heterocycles. The second-order valence-electron chi connectivity index (χ2n) is 9.98. The summed E-state index contributed by atoms with van der Waals surface area (Å²) in [7, 11) is 0. The monoisotopic (exact) mass is 497 g/mol. The van der Waals surface area contributed by atoms with Crippen LogP contribution < -0.4 is 5.32 Å². The fraction of sp³-hybridized carbons (Fsp3) is 0.897. The van der Waals surface area contributed by atoms with Crippen molar-refractivity contribution in [2.45, 2.75) is 161 Å². The smallest absolute Gasteiger partial charge is 0.326 e. The van der Waals surface area contributed by atoms with Crippen LogP contribution in [0.2, 0.25) is 0 Å². The molecular weight excluding hydrogens is 442 g/mol. The summed E-state index contributed by atoms with van der Waals surface area (Å²) < 4.78 is 5.24. The van der Waals surface area contributed by atoms with Crippen LogP contribution in [0.3, 0.4) is 0 Å². The summed E-state index contributed by atoms with van der Waals surface area (Å²) in [6.07, 6.45) is 23.1. The van der Waals surface area contributed by atoms with Crippen LogP contribution >= 0.6 is 0 Å². The first-order valence-electron chi connectivity index (χ1n) is 14.7. The fourth-order valence-electron chi connectivity index (χ4n) is 4.23. The maximum absolute atomic E-state index is 12.1. The Morgan fingerprint density at radius 3 is 1.51 bits per heavy atom. The molecule has 0 aromatic rings. The van der Waals surface area contributed by atoms with E-state index in [1.807, 2.05) is 0 Å². The molecule has 1 amide bonds. The maximum atomic E-state index is 12.1. The first kappa shape index (κ1) is 33.4. The van der Waals surface area contributed by atoms with Gasteiger partial charge in [-0.15, -0.1) is 0 Å². The Morgan fingerprint density at radius 2 is 1.06 bits per heavy atom. The minimum Gasteiger partial charge on any atom is -0.480 e. The van der Waals surface area contributed by atoms with Gasteiger partial charge in [0.15, 0.2) is 0 Å². The van der Waals surface area contributed by atoms with Crippen molar-refractivity contribution in [2.75, 3.05) is 6.61 Å². The normalized spacial score (nSPS) is 11.8. The van der Waals surface area contributed by atoms with Crippen LogP contribution in [-0.4, -0.2) is 35.6 Å². The topological polar surface area (TPSA) is 92.7 Å². The second-order valence-corrected chi connectivity index (χ2v) is 9.98. The molecule has 0 aliphatic rings. The van der Waals surface area contributed by atoms with E-state index < -0.39 is 12.0 Å². The second kappa shape index (κ2) is 25.5. The van der Waals surface area contributed by atoms with Crippen LogP contribution in [-0.2, 0) is 19.1 Å². The summed E-state index contributed by atoms with van der Waals surface area (Å²) in [5.74, 6) is -1.74. The number of amides is 1. The Bertz CT molecular complexity index is 523. The highest BCUT2D eigenvalue weighted by molar-refractivity contribution is 5.84. The summed E-state index contributed by atoms with van der Waals surface area (Å²) in [5.41, 5.74) is 0. The van der Waals surface area contributed by atoms with Gasteiger partial charge in [-0.05, 0) is 19.3 Å². The molecule has 0 aliphatic carbocycles. The van der Waals surface area contributed by atoms with Crippen molar-refractivity contribution in [3.63, 3.8) is 0 Å². The number of hydrogen-bond acceptors (Lipinski definition) is 4. The molecule has 0 saturated heterocycles. The number of unbranched alkanes of at least 4 members (excludes halogenated alkanes) is 17. The molecule has 0 heterocycles. The van der Waals surface area contributed by atoms with Gasteiger partial charge in [-0.2, -0.15) is 0 Å². The van der Waals surface area contributed by atoms with E-state index in [2.05, 4.69) is 19.2 Å². The number of nitrogens with one attached hydrogen (secondary N) is 1. The Morgan fingerprint density at radius 1 is 0.629 bits per heavy atom. The standard InChI is InChI=1S/C29H55NO5/c1-3-5-7-9-11-13-15-17-19-21-25-35-28(32)24-23-26(29(33)34)30-27(31)22-20-18-16-14-12-10-8-6-4-2/h26H,3-25H2,1-2H3,(H,30,31)(H,33,34)/t26-/m1/s1. The lowest BCUT2D eigenvalue weighted by Crippen LogP contribution is -2.41. The molecule has 0 fully saturated rings. The number of carbonyl (C=O) groups is 3. The van der Waals surface area contributed by atoms with Crippen LogP contribution in [0.5, 0.6) is 0 Å². The van der Waals surface area contributed by atoms with Gasteiger partial charge < -0.3 is 15.2 Å². The molecule has 0 aromatic carbocycles. The molecule has 0 rings (SSSR count). The summed E-state index contributed by atoms with van der Waals surface area (Å²) in [5, 5.41) is 11.9. The van der Waals surface area contributed by atoms with Gasteiger partial charge in [-0.3, -0.25) is 9.59 Å². The number of ether oxygens (including phenoxy) is 1. The lowest BCUT2D eigenvalue weighted by Gasteiger charge is -2.14. The summed E-state index contributed by atoms with van der Waals surface area (Å²) >= 11 is 0. The van der Waals surface area contributed by atoms with Crippen molar-refractivity contribution < 1.29 is 24.2 Å². The van der Waals surface area contributed by atoms with E-state index in [1.165, 1.54) is 83.5 Å². The van der Waals surface area contributed by atoms with Gasteiger partial charge in [-0.1, -0.05) is 123 Å². The van der Waals surface area contributed by atoms with Gasteiger partial charge in [0, 0.05) is 12.8 Å². The Balaban J connectivity index is 3.73. The first-order valence-corrected chi connectivity index (χ1v) is 14.7. The third kappa shape index (κ3) is 23.9. The largest absolute Gasteiger partial charge is 0.480 e. The van der Waals surface area contributed by atoms with Crippen LogP contribution in [0.15, 0.2) is 0 Å². The molecular formula is C29H55NO5. The molecule has 0 spiro atoms. The summed E-state index contributed by atoms with van der Waals surface area (Å²) in [6, 6.07) is -1.04. The molecule has 6 nitrogen and oxygen atoms in total. The van der Waals surface area contributed by atoms with Crippen LogP contribution in [0, 0.1) is 0 Å². The van der Waals surface area contributed by atoms with E-state index >= 15 is 0 Å². The third-order valence-electron chi connectivity index (χ3n) is 6.54. The highest BCUT2D eigenvalue weighted by Gasteiger charge is 2.21. The molecule has 0 radical (unpaired) electrons. The van der Waals surface area contributed by atoms with E-state index in [4.69, 9.17) is 4.74 Å². The zero-order chi connectivity index (χ0) is 26.0. The molecule has 0 bridgehead atoms. The Kier molecular flexibility index (Phi) is 24.3. The van der Waals surface area contributed by atoms with Crippen molar-refractivity contribution >= 4 is 17.8 Å².